The van der Waals surface area contributed by atoms with E-state index in [1.807, 2.05) is 6.07 Å². The van der Waals surface area contributed by atoms with Crippen LogP contribution in [-0.4, -0.2) is 0 Å². The summed E-state index contributed by atoms with van der Waals surface area (Å²) in [5, 5.41) is 8.90. The molecule has 0 saturated heterocycles. The average molecular weight is 211 g/mol. The van der Waals surface area contributed by atoms with Gasteiger partial charge in [-0.25, -0.2) is 0 Å². The van der Waals surface area contributed by atoms with E-state index in [9.17, 15) is 0 Å². The van der Waals surface area contributed by atoms with E-state index < -0.39 is 0 Å². The summed E-state index contributed by atoms with van der Waals surface area (Å²) in [5.74, 6) is 0. The maximum Gasteiger partial charge on any atom is 0.0991 e. The third-order valence-corrected chi connectivity index (χ3v) is 3.52. The molecule has 0 unspecified atom stereocenters. The molecule has 0 saturated carbocycles. The highest BCUT2D eigenvalue weighted by molar-refractivity contribution is 5.40. The Balaban J connectivity index is 2.41. The smallest absolute Gasteiger partial charge is 0.0991 e. The normalized spacial score (nSPS) is 16.1. The average Bonchev–Trinajstić information content (AvgIpc) is 2.29. The van der Waals surface area contributed by atoms with Crippen molar-refractivity contribution in [3.63, 3.8) is 0 Å². The van der Waals surface area contributed by atoms with Gasteiger partial charge in [-0.3, -0.25) is 0 Å². The first kappa shape index (κ1) is 11.0. The highest BCUT2D eigenvalue weighted by Gasteiger charge is 2.10. The van der Waals surface area contributed by atoms with Gasteiger partial charge in [0.25, 0.3) is 0 Å². The molecule has 0 atom stereocenters. The van der Waals surface area contributed by atoms with Crippen LogP contribution < -0.4 is 0 Å². The summed E-state index contributed by atoms with van der Waals surface area (Å²) in [5.41, 5.74) is 6.58. The molecule has 0 bridgehead atoms. The van der Waals surface area contributed by atoms with Crippen LogP contribution in [0.5, 0.6) is 0 Å². The summed E-state index contributed by atoms with van der Waals surface area (Å²) in [4.78, 5) is 0. The van der Waals surface area contributed by atoms with Crippen LogP contribution >= 0.6 is 0 Å². The number of benzene rings is 1. The van der Waals surface area contributed by atoms with E-state index in [0.717, 1.165) is 18.4 Å². The molecule has 1 aliphatic carbocycles. The van der Waals surface area contributed by atoms with E-state index in [0.29, 0.717) is 0 Å². The molecule has 0 radical (unpaired) electrons. The van der Waals surface area contributed by atoms with Crippen molar-refractivity contribution < 1.29 is 0 Å². The van der Waals surface area contributed by atoms with Gasteiger partial charge in [-0.2, -0.15) is 5.26 Å². The van der Waals surface area contributed by atoms with E-state index in [-0.39, 0.29) is 0 Å². The van der Waals surface area contributed by atoms with Gasteiger partial charge in [0.2, 0.25) is 0 Å². The van der Waals surface area contributed by atoms with Crippen LogP contribution in [0.1, 0.15) is 43.4 Å². The van der Waals surface area contributed by atoms with Crippen LogP contribution in [0.15, 0.2) is 29.3 Å². The Morgan fingerprint density at radius 3 is 2.62 bits per heavy atom. The number of allylic oxidation sites excluding steroid dienone is 2. The summed E-state index contributed by atoms with van der Waals surface area (Å²) in [6, 6.07) is 8.33. The summed E-state index contributed by atoms with van der Waals surface area (Å²) in [7, 11) is 0. The minimum atomic E-state index is 0.790. The highest BCUT2D eigenvalue weighted by atomic mass is 14.2. The molecule has 2 rings (SSSR count). The molecule has 0 heterocycles. The van der Waals surface area contributed by atoms with Gasteiger partial charge in [0, 0.05) is 0 Å². The Morgan fingerprint density at radius 1 is 1.06 bits per heavy atom. The lowest BCUT2D eigenvalue weighted by Gasteiger charge is -2.16. The van der Waals surface area contributed by atoms with Crippen LogP contribution in [0, 0.1) is 11.3 Å². The van der Waals surface area contributed by atoms with Crippen molar-refractivity contribution in [3.8, 4) is 6.07 Å². The van der Waals surface area contributed by atoms with E-state index >= 15 is 0 Å². The number of nitriles is 1. The summed E-state index contributed by atoms with van der Waals surface area (Å²) < 4.78 is 0. The number of aryl methyl sites for hydroxylation is 1. The molecule has 1 heteroatoms. The zero-order valence-corrected chi connectivity index (χ0v) is 10.0. The van der Waals surface area contributed by atoms with Crippen molar-refractivity contribution in [1.29, 1.82) is 5.26 Å². The Hall–Kier alpha value is -1.55. The minimum absolute atomic E-state index is 0.790. The number of rotatable bonds is 0. The summed E-state index contributed by atoms with van der Waals surface area (Å²) >= 11 is 0. The second-order valence-corrected chi connectivity index (χ2v) is 4.69. The number of hydrogen-bond donors (Lipinski definition) is 0. The Labute approximate surface area is 97.4 Å². The van der Waals surface area contributed by atoms with Crippen LogP contribution in [0.25, 0.3) is 0 Å². The van der Waals surface area contributed by atoms with E-state index in [4.69, 9.17) is 5.26 Å². The van der Waals surface area contributed by atoms with Gasteiger partial charge in [-0.1, -0.05) is 17.2 Å². The molecule has 1 aromatic rings. The fourth-order valence-electron chi connectivity index (χ4n) is 2.29. The monoisotopic (exact) mass is 211 g/mol. The van der Waals surface area contributed by atoms with Gasteiger partial charge in [-0.15, -0.1) is 0 Å². The maximum absolute atomic E-state index is 8.90. The van der Waals surface area contributed by atoms with Crippen molar-refractivity contribution in [2.75, 3.05) is 0 Å². The molecule has 1 aliphatic rings. The zero-order valence-electron chi connectivity index (χ0n) is 10.0. The SMILES string of the molecule is CC1=C(C)Cc2ccc(C#N)cc2CCC1. The highest BCUT2D eigenvalue weighted by Crippen LogP contribution is 2.24. The lowest BCUT2D eigenvalue weighted by atomic mass is 9.89. The molecule has 0 aromatic heterocycles. The van der Waals surface area contributed by atoms with Crippen LogP contribution in [0.4, 0.5) is 0 Å². The van der Waals surface area contributed by atoms with Crippen molar-refractivity contribution in [2.24, 2.45) is 0 Å². The predicted molar refractivity (Wildman–Crippen MR) is 66.2 cm³/mol. The van der Waals surface area contributed by atoms with Crippen molar-refractivity contribution in [3.05, 3.63) is 46.0 Å². The van der Waals surface area contributed by atoms with Gasteiger partial charge in [0.15, 0.2) is 0 Å². The lowest BCUT2D eigenvalue weighted by Crippen LogP contribution is -2.02. The molecule has 1 nitrogen and oxygen atoms in total. The Kier molecular flexibility index (Phi) is 3.10. The molecule has 0 amide bonds. The van der Waals surface area contributed by atoms with E-state index in [1.54, 1.807) is 0 Å². The second kappa shape index (κ2) is 4.53. The molecule has 0 aliphatic heterocycles. The molecule has 0 N–H and O–H groups in total. The van der Waals surface area contributed by atoms with Crippen molar-refractivity contribution >= 4 is 0 Å². The quantitative estimate of drug-likeness (QED) is 0.599. The first-order valence-corrected chi connectivity index (χ1v) is 5.88. The molecule has 0 spiro atoms. The Morgan fingerprint density at radius 2 is 1.88 bits per heavy atom. The second-order valence-electron chi connectivity index (χ2n) is 4.69. The minimum Gasteiger partial charge on any atom is -0.192 e. The first-order chi connectivity index (χ1) is 7.70. The van der Waals surface area contributed by atoms with Crippen LogP contribution in [-0.2, 0) is 12.8 Å². The number of fused-ring (bicyclic) bond motifs is 1. The first-order valence-electron chi connectivity index (χ1n) is 5.88. The fourth-order valence-corrected chi connectivity index (χ4v) is 2.29. The standard InChI is InChI=1S/C15H17N/c1-11-4-3-5-14-9-13(10-16)6-7-15(14)8-12(11)2/h6-7,9H,3-5,8H2,1-2H3. The van der Waals surface area contributed by atoms with Gasteiger partial charge in [0.1, 0.15) is 0 Å². The summed E-state index contributed by atoms with van der Waals surface area (Å²) in [6.07, 6.45) is 4.55. The predicted octanol–water partition coefficient (Wildman–Crippen LogP) is 3.77. The third-order valence-electron chi connectivity index (χ3n) is 3.52. The maximum atomic E-state index is 8.90. The van der Waals surface area contributed by atoms with E-state index in [2.05, 4.69) is 32.0 Å². The molecule has 1 aromatic carbocycles. The van der Waals surface area contributed by atoms with Crippen molar-refractivity contribution in [1.82, 2.24) is 0 Å². The van der Waals surface area contributed by atoms with Gasteiger partial charge in [-0.05, 0) is 62.8 Å². The number of hydrogen-bond acceptors (Lipinski definition) is 1. The zero-order chi connectivity index (χ0) is 11.5. The summed E-state index contributed by atoms with van der Waals surface area (Å²) in [6.45, 7) is 4.46. The van der Waals surface area contributed by atoms with Crippen molar-refractivity contribution in [2.45, 2.75) is 39.5 Å². The van der Waals surface area contributed by atoms with Crippen LogP contribution in [0.2, 0.25) is 0 Å². The lowest BCUT2D eigenvalue weighted by molar-refractivity contribution is 0.775. The van der Waals surface area contributed by atoms with Gasteiger partial charge >= 0.3 is 0 Å². The molecule has 0 fully saturated rings. The molecular formula is C15H17N. The topological polar surface area (TPSA) is 23.8 Å². The molecular weight excluding hydrogens is 194 g/mol. The largest absolute Gasteiger partial charge is 0.192 e. The van der Waals surface area contributed by atoms with Gasteiger partial charge in [0.05, 0.1) is 11.6 Å². The van der Waals surface area contributed by atoms with Gasteiger partial charge < -0.3 is 0 Å². The molecule has 16 heavy (non-hydrogen) atoms. The number of nitrogens with zero attached hydrogens (tertiary/aromatic N) is 1. The third kappa shape index (κ3) is 2.17. The van der Waals surface area contributed by atoms with E-state index in [1.165, 1.54) is 35.1 Å². The fraction of sp³-hybridized carbons (Fsp3) is 0.400. The van der Waals surface area contributed by atoms with Crippen LogP contribution in [0.3, 0.4) is 0 Å². The Bertz CT molecular complexity index is 475. The molecule has 82 valence electrons.